The topological polar surface area (TPSA) is 33.6 Å². The first-order valence-corrected chi connectivity index (χ1v) is 16.6. The van der Waals surface area contributed by atoms with E-state index in [1.54, 1.807) is 0 Å². The fraction of sp³-hybridized carbons (Fsp3) is 0. The normalized spacial score (nSPS) is 11.8. The Morgan fingerprint density at radius 3 is 1.77 bits per heavy atom. The molecular formula is C43H25N3S. The molecule has 47 heavy (non-hydrogen) atoms. The molecule has 0 amide bonds. The first-order chi connectivity index (χ1) is 23.3. The molecule has 0 aliphatic carbocycles. The Morgan fingerprint density at radius 2 is 1.04 bits per heavy atom. The molecule has 10 rings (SSSR count). The van der Waals surface area contributed by atoms with Crippen LogP contribution in [0.3, 0.4) is 0 Å². The summed E-state index contributed by atoms with van der Waals surface area (Å²) >= 11 is 1.84. The number of nitrogens with zero attached hydrogens (tertiary/aromatic N) is 3. The van der Waals surface area contributed by atoms with Crippen molar-refractivity contribution in [2.24, 2.45) is 0 Å². The second-order valence-corrected chi connectivity index (χ2v) is 13.0. The van der Waals surface area contributed by atoms with Gasteiger partial charge in [0.25, 0.3) is 0 Å². The van der Waals surface area contributed by atoms with E-state index in [0.717, 1.165) is 33.5 Å². The van der Waals surface area contributed by atoms with Crippen LogP contribution >= 0.6 is 11.3 Å². The van der Waals surface area contributed by atoms with Crippen molar-refractivity contribution in [3.63, 3.8) is 0 Å². The van der Waals surface area contributed by atoms with Gasteiger partial charge in [0.15, 0.2) is 0 Å². The molecule has 0 bridgehead atoms. The zero-order chi connectivity index (χ0) is 31.1. The van der Waals surface area contributed by atoms with Gasteiger partial charge < -0.3 is 9.13 Å². The third kappa shape index (κ3) is 3.60. The van der Waals surface area contributed by atoms with Gasteiger partial charge in [0, 0.05) is 58.5 Å². The molecule has 3 aromatic heterocycles. The van der Waals surface area contributed by atoms with Gasteiger partial charge in [-0.05, 0) is 48.5 Å². The molecule has 0 saturated carbocycles. The Labute approximate surface area is 274 Å². The molecule has 3 heterocycles. The summed E-state index contributed by atoms with van der Waals surface area (Å²) in [6.07, 6.45) is 0. The number of para-hydroxylation sites is 4. The molecule has 0 unspecified atom stereocenters. The molecule has 0 atom stereocenters. The SMILES string of the molecule is N#Cc1cccc(-n2c3ccccc3c3ccccc32)c1-c1cccc2c1sc1c2ccc2c1c1ccccc1n2-c1ccccc1. The van der Waals surface area contributed by atoms with Crippen molar-refractivity contribution < 1.29 is 0 Å². The molecule has 218 valence electrons. The summed E-state index contributed by atoms with van der Waals surface area (Å²) in [5.74, 6) is 0. The van der Waals surface area contributed by atoms with Gasteiger partial charge in [-0.2, -0.15) is 5.26 Å². The van der Waals surface area contributed by atoms with Gasteiger partial charge in [-0.15, -0.1) is 11.3 Å². The number of hydrogen-bond acceptors (Lipinski definition) is 2. The number of aromatic nitrogens is 2. The van der Waals surface area contributed by atoms with Crippen molar-refractivity contribution in [1.82, 2.24) is 9.13 Å². The van der Waals surface area contributed by atoms with E-state index in [4.69, 9.17) is 0 Å². The highest BCUT2D eigenvalue weighted by Gasteiger charge is 2.22. The van der Waals surface area contributed by atoms with Crippen molar-refractivity contribution in [3.8, 4) is 28.6 Å². The Kier molecular flexibility index (Phi) is 5.51. The van der Waals surface area contributed by atoms with Crippen LogP contribution in [-0.2, 0) is 0 Å². The predicted octanol–water partition coefficient (Wildman–Crippen LogP) is 11.8. The molecule has 4 heteroatoms. The monoisotopic (exact) mass is 615 g/mol. The van der Waals surface area contributed by atoms with Crippen molar-refractivity contribution in [3.05, 3.63) is 157 Å². The fourth-order valence-electron chi connectivity index (χ4n) is 7.64. The summed E-state index contributed by atoms with van der Waals surface area (Å²) in [6, 6.07) is 56.2. The van der Waals surface area contributed by atoms with Crippen molar-refractivity contribution in [2.45, 2.75) is 0 Å². The molecule has 0 aliphatic rings. The van der Waals surface area contributed by atoms with E-state index in [9.17, 15) is 5.26 Å². The lowest BCUT2D eigenvalue weighted by molar-refractivity contribution is 1.18. The zero-order valence-corrected chi connectivity index (χ0v) is 26.0. The molecule has 0 aliphatic heterocycles. The smallest absolute Gasteiger partial charge is 0.0998 e. The van der Waals surface area contributed by atoms with E-state index in [0.29, 0.717) is 5.56 Å². The van der Waals surface area contributed by atoms with E-state index >= 15 is 0 Å². The third-order valence-corrected chi connectivity index (χ3v) is 10.8. The molecule has 0 radical (unpaired) electrons. The molecule has 0 saturated heterocycles. The highest BCUT2D eigenvalue weighted by Crippen LogP contribution is 2.47. The van der Waals surface area contributed by atoms with Crippen LogP contribution < -0.4 is 0 Å². The van der Waals surface area contributed by atoms with Gasteiger partial charge in [-0.3, -0.25) is 0 Å². The molecular weight excluding hydrogens is 591 g/mol. The Bertz CT molecular complexity index is 2860. The first kappa shape index (κ1) is 26.1. The first-order valence-electron chi connectivity index (χ1n) is 15.8. The van der Waals surface area contributed by atoms with Crippen LogP contribution in [0.15, 0.2) is 152 Å². The quantitative estimate of drug-likeness (QED) is 0.195. The van der Waals surface area contributed by atoms with Crippen LogP contribution in [0.2, 0.25) is 0 Å². The van der Waals surface area contributed by atoms with E-state index in [1.807, 2.05) is 23.5 Å². The molecule has 0 spiro atoms. The van der Waals surface area contributed by atoms with Gasteiger partial charge in [0.1, 0.15) is 0 Å². The van der Waals surface area contributed by atoms with E-state index in [1.165, 1.54) is 52.8 Å². The maximum atomic E-state index is 10.6. The maximum Gasteiger partial charge on any atom is 0.0998 e. The fourth-order valence-corrected chi connectivity index (χ4v) is 9.02. The summed E-state index contributed by atoms with van der Waals surface area (Å²) in [6.45, 7) is 0. The molecule has 0 N–H and O–H groups in total. The predicted molar refractivity (Wildman–Crippen MR) is 198 cm³/mol. The summed E-state index contributed by atoms with van der Waals surface area (Å²) in [7, 11) is 0. The van der Waals surface area contributed by atoms with Crippen LogP contribution in [0.1, 0.15) is 5.56 Å². The zero-order valence-electron chi connectivity index (χ0n) is 25.2. The number of thiophene rings is 1. The molecule has 3 nitrogen and oxygen atoms in total. The van der Waals surface area contributed by atoms with Crippen molar-refractivity contribution >= 4 is 75.1 Å². The van der Waals surface area contributed by atoms with Crippen molar-refractivity contribution in [2.75, 3.05) is 0 Å². The van der Waals surface area contributed by atoms with E-state index in [-0.39, 0.29) is 0 Å². The van der Waals surface area contributed by atoms with Crippen molar-refractivity contribution in [1.29, 1.82) is 5.26 Å². The molecule has 0 fully saturated rings. The highest BCUT2D eigenvalue weighted by atomic mass is 32.1. The van der Waals surface area contributed by atoms with Gasteiger partial charge in [0.2, 0.25) is 0 Å². The second kappa shape index (κ2) is 9.92. The minimum atomic E-state index is 0.667. The Hall–Kier alpha value is -6.15. The van der Waals surface area contributed by atoms with Crippen LogP contribution in [0, 0.1) is 11.3 Å². The number of rotatable bonds is 3. The summed E-state index contributed by atoms with van der Waals surface area (Å²) in [5.41, 5.74) is 9.52. The minimum absolute atomic E-state index is 0.667. The number of benzene rings is 7. The third-order valence-electron chi connectivity index (χ3n) is 9.57. The standard InChI is InChI=1S/C43H25N3S/c44-26-27-12-10-23-38(46-35-20-7-4-15-29(35)30-16-5-8-21-36(30)46)40(27)34-19-11-18-31-32-24-25-39-41(43(32)47-42(31)34)33-17-6-9-22-37(33)45(39)28-13-2-1-3-14-28/h1-25H. The van der Waals surface area contributed by atoms with Crippen LogP contribution in [-0.4, -0.2) is 9.13 Å². The maximum absolute atomic E-state index is 10.6. The second-order valence-electron chi connectivity index (χ2n) is 12.0. The van der Waals surface area contributed by atoms with Gasteiger partial charge in [-0.1, -0.05) is 103 Å². The number of nitriles is 1. The Balaban J connectivity index is 1.32. The summed E-state index contributed by atoms with van der Waals surface area (Å²) in [4.78, 5) is 0. The van der Waals surface area contributed by atoms with E-state index < -0.39 is 0 Å². The number of hydrogen-bond donors (Lipinski definition) is 0. The summed E-state index contributed by atoms with van der Waals surface area (Å²) in [5, 5.41) is 17.9. The average Bonchev–Trinajstić information content (AvgIpc) is 3.79. The minimum Gasteiger partial charge on any atom is -0.309 e. The van der Waals surface area contributed by atoms with E-state index in [2.05, 4.69) is 155 Å². The highest BCUT2D eigenvalue weighted by molar-refractivity contribution is 7.27. The number of fused-ring (bicyclic) bond motifs is 10. The van der Waals surface area contributed by atoms with Crippen LogP contribution in [0.4, 0.5) is 0 Å². The van der Waals surface area contributed by atoms with Gasteiger partial charge >= 0.3 is 0 Å². The summed E-state index contributed by atoms with van der Waals surface area (Å²) < 4.78 is 7.17. The lowest BCUT2D eigenvalue weighted by Gasteiger charge is -2.16. The molecule has 7 aromatic carbocycles. The molecule has 10 aromatic rings. The largest absolute Gasteiger partial charge is 0.309 e. The lowest BCUT2D eigenvalue weighted by atomic mass is 9.96. The van der Waals surface area contributed by atoms with Crippen LogP contribution in [0.25, 0.3) is 86.3 Å². The Morgan fingerprint density at radius 1 is 0.447 bits per heavy atom. The average molecular weight is 616 g/mol. The lowest BCUT2D eigenvalue weighted by Crippen LogP contribution is -1.99. The van der Waals surface area contributed by atoms with Gasteiger partial charge in [-0.25, -0.2) is 0 Å². The van der Waals surface area contributed by atoms with Crippen LogP contribution in [0.5, 0.6) is 0 Å². The van der Waals surface area contributed by atoms with Gasteiger partial charge in [0.05, 0.1) is 39.4 Å².